The molecule has 41 heavy (non-hydrogen) atoms. The van der Waals surface area contributed by atoms with Gasteiger partial charge in [0.05, 0.1) is 34.3 Å². The zero-order valence-electron chi connectivity index (χ0n) is 23.9. The monoisotopic (exact) mass is 562 g/mol. The molecule has 0 atom stereocenters. The van der Waals surface area contributed by atoms with Crippen molar-refractivity contribution in [3.63, 3.8) is 0 Å². The Bertz CT molecular complexity index is 1420. The molecule has 0 radical (unpaired) electrons. The van der Waals surface area contributed by atoms with E-state index < -0.39 is 0 Å². The number of hydrogen-bond donors (Lipinski definition) is 2. The number of anilines is 2. The Hall–Kier alpha value is -4.22. The van der Waals surface area contributed by atoms with Crippen LogP contribution in [0.4, 0.5) is 11.4 Å². The van der Waals surface area contributed by atoms with Crippen molar-refractivity contribution in [3.8, 4) is 54.6 Å². The van der Waals surface area contributed by atoms with Crippen LogP contribution >= 0.6 is 11.3 Å². The lowest BCUT2D eigenvalue weighted by Gasteiger charge is -2.08. The number of ether oxygens (including phenoxy) is 2. The molecule has 1 heterocycles. The Kier molecular flexibility index (Phi) is 9.27. The topological polar surface area (TPSA) is 70.5 Å². The number of unbranched alkanes of at least 4 members (excludes halogenated alkanes) is 2. The molecule has 1 aromatic heterocycles. The molecule has 0 saturated carbocycles. The van der Waals surface area contributed by atoms with Crippen molar-refractivity contribution in [2.45, 2.75) is 39.5 Å². The Balaban J connectivity index is 1.29. The van der Waals surface area contributed by atoms with E-state index in [0.717, 1.165) is 93.5 Å². The molecule has 0 saturated heterocycles. The zero-order chi connectivity index (χ0) is 28.6. The van der Waals surface area contributed by atoms with E-state index in [1.165, 1.54) is 0 Å². The van der Waals surface area contributed by atoms with Gasteiger partial charge in [-0.1, -0.05) is 99.5 Å². The lowest BCUT2D eigenvalue weighted by Crippen LogP contribution is -1.95. The first-order valence-electron chi connectivity index (χ1n) is 14.4. The van der Waals surface area contributed by atoms with Gasteiger partial charge in [0.15, 0.2) is 0 Å². The van der Waals surface area contributed by atoms with Crippen LogP contribution in [0, 0.1) is 0 Å². The fourth-order valence-electron chi connectivity index (χ4n) is 4.67. The molecule has 0 fully saturated rings. The Morgan fingerprint density at radius 3 is 1.07 bits per heavy atom. The van der Waals surface area contributed by atoms with Crippen LogP contribution in [0.3, 0.4) is 0 Å². The molecule has 5 rings (SSSR count). The second kappa shape index (κ2) is 13.4. The summed E-state index contributed by atoms with van der Waals surface area (Å²) in [6, 6.07) is 33.5. The first kappa shape index (κ1) is 28.3. The lowest BCUT2D eigenvalue weighted by molar-refractivity contribution is 0.309. The predicted molar refractivity (Wildman–Crippen MR) is 176 cm³/mol. The van der Waals surface area contributed by atoms with Gasteiger partial charge in [0, 0.05) is 0 Å². The van der Waals surface area contributed by atoms with Crippen LogP contribution in [0.2, 0.25) is 0 Å². The van der Waals surface area contributed by atoms with Gasteiger partial charge in [0.1, 0.15) is 11.5 Å². The van der Waals surface area contributed by atoms with Crippen molar-refractivity contribution < 1.29 is 9.47 Å². The second-order valence-electron chi connectivity index (χ2n) is 10.2. The summed E-state index contributed by atoms with van der Waals surface area (Å²) in [4.78, 5) is 1.98. The Morgan fingerprint density at radius 1 is 0.463 bits per heavy atom. The zero-order valence-corrected chi connectivity index (χ0v) is 24.7. The van der Waals surface area contributed by atoms with Gasteiger partial charge in [-0.05, 0) is 70.5 Å². The maximum Gasteiger partial charge on any atom is 0.119 e. The van der Waals surface area contributed by atoms with E-state index in [1.807, 2.05) is 24.3 Å². The number of thiophene rings is 1. The lowest BCUT2D eigenvalue weighted by atomic mass is 10.0. The highest BCUT2D eigenvalue weighted by molar-refractivity contribution is 7.20. The maximum absolute atomic E-state index is 6.53. The summed E-state index contributed by atoms with van der Waals surface area (Å²) in [5.41, 5.74) is 21.0. The second-order valence-corrected chi connectivity index (χ2v) is 11.2. The molecule has 4 N–H and O–H groups in total. The highest BCUT2D eigenvalue weighted by Gasteiger charge is 2.17. The minimum atomic E-state index is 0.633. The van der Waals surface area contributed by atoms with E-state index in [4.69, 9.17) is 20.9 Å². The molecule has 0 spiro atoms. The van der Waals surface area contributed by atoms with Crippen molar-refractivity contribution in [2.75, 3.05) is 24.7 Å². The maximum atomic E-state index is 6.53. The first-order valence-corrected chi connectivity index (χ1v) is 15.2. The van der Waals surface area contributed by atoms with Gasteiger partial charge in [-0.15, -0.1) is 11.3 Å². The summed E-state index contributed by atoms with van der Waals surface area (Å²) in [5, 5.41) is 0. The number of nitrogens with two attached hydrogens (primary N) is 2. The van der Waals surface area contributed by atoms with Gasteiger partial charge in [-0.2, -0.15) is 0 Å². The molecule has 0 aliphatic heterocycles. The van der Waals surface area contributed by atoms with Crippen LogP contribution in [-0.2, 0) is 0 Å². The van der Waals surface area contributed by atoms with Crippen LogP contribution < -0.4 is 20.9 Å². The largest absolute Gasteiger partial charge is 0.494 e. The van der Waals surface area contributed by atoms with Gasteiger partial charge in [-0.3, -0.25) is 0 Å². The Labute approximate surface area is 247 Å². The molecule has 0 unspecified atom stereocenters. The van der Waals surface area contributed by atoms with Crippen molar-refractivity contribution in [1.82, 2.24) is 0 Å². The number of hydrogen-bond acceptors (Lipinski definition) is 5. The summed E-state index contributed by atoms with van der Waals surface area (Å²) >= 11 is 1.64. The average molecular weight is 563 g/mol. The van der Waals surface area contributed by atoms with Gasteiger partial charge < -0.3 is 20.9 Å². The molecule has 0 bridgehead atoms. The van der Waals surface area contributed by atoms with Crippen molar-refractivity contribution >= 4 is 22.7 Å². The van der Waals surface area contributed by atoms with Gasteiger partial charge >= 0.3 is 0 Å². The average Bonchev–Trinajstić information content (AvgIpc) is 3.32. The minimum absolute atomic E-state index is 0.633. The van der Waals surface area contributed by atoms with Crippen molar-refractivity contribution in [3.05, 3.63) is 97.1 Å². The molecule has 0 amide bonds. The summed E-state index contributed by atoms with van der Waals surface area (Å²) in [7, 11) is 0. The first-order chi connectivity index (χ1) is 20.1. The molecule has 5 aromatic rings. The Morgan fingerprint density at radius 2 is 0.756 bits per heavy atom. The highest BCUT2D eigenvalue weighted by atomic mass is 32.1. The molecule has 4 nitrogen and oxygen atoms in total. The molecule has 0 aliphatic carbocycles. The SMILES string of the molecule is CCCCOc1ccc(-c2ccc(-c3sc(-c4ccc(-c5ccc(OCCCC)cc5)cc4)c(N)c3N)cc2)cc1. The summed E-state index contributed by atoms with van der Waals surface area (Å²) in [6.45, 7) is 5.84. The third kappa shape index (κ3) is 6.75. The molecular weight excluding hydrogens is 524 g/mol. The van der Waals surface area contributed by atoms with E-state index in [9.17, 15) is 0 Å². The highest BCUT2D eigenvalue weighted by Crippen LogP contribution is 2.46. The minimum Gasteiger partial charge on any atom is -0.494 e. The number of rotatable bonds is 12. The summed E-state index contributed by atoms with van der Waals surface area (Å²) in [6.07, 6.45) is 4.39. The third-order valence-electron chi connectivity index (χ3n) is 7.19. The summed E-state index contributed by atoms with van der Waals surface area (Å²) < 4.78 is 11.6. The van der Waals surface area contributed by atoms with Crippen LogP contribution in [0.5, 0.6) is 11.5 Å². The molecule has 4 aromatic carbocycles. The molecule has 210 valence electrons. The fourth-order valence-corrected chi connectivity index (χ4v) is 5.82. The molecular formula is C36H38N2O2S. The quantitative estimate of drug-likeness (QED) is 0.148. The van der Waals surface area contributed by atoms with Crippen molar-refractivity contribution in [2.24, 2.45) is 0 Å². The number of benzene rings is 4. The van der Waals surface area contributed by atoms with E-state index in [-0.39, 0.29) is 0 Å². The van der Waals surface area contributed by atoms with Crippen LogP contribution in [0.25, 0.3) is 43.1 Å². The normalized spacial score (nSPS) is 11.0. The van der Waals surface area contributed by atoms with Crippen molar-refractivity contribution in [1.29, 1.82) is 0 Å². The fraction of sp³-hybridized carbons (Fsp3) is 0.222. The van der Waals surface area contributed by atoms with Gasteiger partial charge in [-0.25, -0.2) is 0 Å². The summed E-state index contributed by atoms with van der Waals surface area (Å²) in [5.74, 6) is 1.82. The van der Waals surface area contributed by atoms with E-state index in [1.54, 1.807) is 11.3 Å². The standard InChI is InChI=1S/C36H38N2O2S/c1-3-5-23-39-31-19-15-27(16-20-31)25-7-11-29(12-8-25)35-33(37)34(38)36(41-35)30-13-9-26(10-14-30)28-17-21-32(22-18-28)40-24-6-4-2/h7-22H,3-6,23-24,37-38H2,1-2H3. The number of nitrogen functional groups attached to an aromatic ring is 2. The van der Waals surface area contributed by atoms with Crippen LogP contribution in [-0.4, -0.2) is 13.2 Å². The molecule has 0 aliphatic rings. The van der Waals surface area contributed by atoms with Gasteiger partial charge in [0.2, 0.25) is 0 Å². The van der Waals surface area contributed by atoms with Gasteiger partial charge in [0.25, 0.3) is 0 Å². The smallest absolute Gasteiger partial charge is 0.119 e. The van der Waals surface area contributed by atoms with Crippen LogP contribution in [0.15, 0.2) is 97.1 Å². The predicted octanol–water partition coefficient (Wildman–Crippen LogP) is 9.94. The van der Waals surface area contributed by atoms with E-state index >= 15 is 0 Å². The van der Waals surface area contributed by atoms with Crippen LogP contribution in [0.1, 0.15) is 39.5 Å². The third-order valence-corrected chi connectivity index (χ3v) is 8.51. The van der Waals surface area contributed by atoms with E-state index in [0.29, 0.717) is 11.4 Å². The molecule has 5 heteroatoms. The van der Waals surface area contributed by atoms with E-state index in [2.05, 4.69) is 86.6 Å².